The summed E-state index contributed by atoms with van der Waals surface area (Å²) in [5.41, 5.74) is 2.35. The van der Waals surface area contributed by atoms with Crippen LogP contribution in [0.5, 0.6) is 0 Å². The zero-order valence-electron chi connectivity index (χ0n) is 5.84. The van der Waals surface area contributed by atoms with Crippen LogP contribution < -0.4 is 0 Å². The normalized spacial score (nSPS) is 10.7. The van der Waals surface area contributed by atoms with Crippen molar-refractivity contribution in [2.45, 2.75) is 6.92 Å². The van der Waals surface area contributed by atoms with Crippen LogP contribution in [0, 0.1) is 6.92 Å². The zero-order valence-corrected chi connectivity index (χ0v) is 7.42. The summed E-state index contributed by atoms with van der Waals surface area (Å²) in [6.45, 7) is 1.87. The number of halogens is 1. The van der Waals surface area contributed by atoms with E-state index in [1.807, 2.05) is 13.0 Å². The highest BCUT2D eigenvalue weighted by atomic mass is 79.9. The molecule has 0 aliphatic rings. The van der Waals surface area contributed by atoms with E-state index in [2.05, 4.69) is 26.1 Å². The lowest BCUT2D eigenvalue weighted by atomic mass is 10.3. The van der Waals surface area contributed by atoms with Crippen LogP contribution in [0.15, 0.2) is 21.3 Å². The molecule has 0 fully saturated rings. The minimum absolute atomic E-state index is 0.713. The molecule has 2 heterocycles. The van der Waals surface area contributed by atoms with E-state index in [-0.39, 0.29) is 0 Å². The van der Waals surface area contributed by atoms with Crippen molar-refractivity contribution in [2.75, 3.05) is 0 Å². The molecule has 11 heavy (non-hydrogen) atoms. The van der Waals surface area contributed by atoms with Gasteiger partial charge in [-0.2, -0.15) is 0 Å². The Kier molecular flexibility index (Phi) is 1.42. The number of hydrogen-bond acceptors (Lipinski definition) is 3. The van der Waals surface area contributed by atoms with Crippen LogP contribution in [0.2, 0.25) is 0 Å². The van der Waals surface area contributed by atoms with Gasteiger partial charge in [0.1, 0.15) is 11.2 Å². The fourth-order valence-electron chi connectivity index (χ4n) is 0.927. The highest BCUT2D eigenvalue weighted by Gasteiger charge is 2.06. The fraction of sp³-hybridized carbons (Fsp3) is 0.143. The Morgan fingerprint density at radius 2 is 2.36 bits per heavy atom. The molecule has 0 aliphatic heterocycles. The number of fused-ring (bicyclic) bond motifs is 1. The summed E-state index contributed by atoms with van der Waals surface area (Å²) >= 11 is 3.34. The Labute approximate surface area is 71.5 Å². The van der Waals surface area contributed by atoms with Gasteiger partial charge in [-0.15, -0.1) is 0 Å². The first kappa shape index (κ1) is 6.79. The van der Waals surface area contributed by atoms with Crippen molar-refractivity contribution in [3.63, 3.8) is 0 Å². The molecule has 0 amide bonds. The second-order valence-electron chi connectivity index (χ2n) is 2.24. The first-order valence-corrected chi connectivity index (χ1v) is 3.95. The van der Waals surface area contributed by atoms with Crippen LogP contribution in [0.1, 0.15) is 5.69 Å². The number of aryl methyl sites for hydroxylation is 1. The summed E-state index contributed by atoms with van der Waals surface area (Å²) in [4.78, 5) is 4.12. The first-order valence-electron chi connectivity index (χ1n) is 3.15. The molecular formula is C7H5BrN2O. The maximum Gasteiger partial charge on any atom is 0.199 e. The molecule has 0 atom stereocenters. The van der Waals surface area contributed by atoms with E-state index >= 15 is 0 Å². The highest BCUT2D eigenvalue weighted by molar-refractivity contribution is 9.10. The summed E-state index contributed by atoms with van der Waals surface area (Å²) in [7, 11) is 0. The third-order valence-corrected chi connectivity index (χ3v) is 2.10. The molecule has 0 bridgehead atoms. The Bertz CT molecular complexity index is 396. The van der Waals surface area contributed by atoms with Gasteiger partial charge >= 0.3 is 0 Å². The Hall–Kier alpha value is -0.900. The largest absolute Gasteiger partial charge is 0.353 e. The molecule has 0 spiro atoms. The Morgan fingerprint density at radius 3 is 3.09 bits per heavy atom. The monoisotopic (exact) mass is 212 g/mol. The van der Waals surface area contributed by atoms with E-state index < -0.39 is 0 Å². The zero-order chi connectivity index (χ0) is 7.84. The minimum Gasteiger partial charge on any atom is -0.353 e. The molecule has 4 heteroatoms. The van der Waals surface area contributed by atoms with Gasteiger partial charge in [0, 0.05) is 6.20 Å². The third kappa shape index (κ3) is 0.939. The van der Waals surface area contributed by atoms with Gasteiger partial charge in [-0.05, 0) is 28.9 Å². The standard InChI is InChI=1S/C7H5BrN2O/c1-4-6-7(11-10-4)5(8)2-3-9-6/h2-3H,1H3. The molecule has 0 N–H and O–H groups in total. The number of aromatic nitrogens is 2. The lowest BCUT2D eigenvalue weighted by Crippen LogP contribution is -1.75. The maximum absolute atomic E-state index is 5.02. The lowest BCUT2D eigenvalue weighted by Gasteiger charge is -1.87. The van der Waals surface area contributed by atoms with Crippen LogP contribution in [0.25, 0.3) is 11.1 Å². The molecule has 3 nitrogen and oxygen atoms in total. The molecule has 2 aromatic heterocycles. The van der Waals surface area contributed by atoms with E-state index in [0.29, 0.717) is 5.58 Å². The predicted octanol–water partition coefficient (Wildman–Crippen LogP) is 2.29. The lowest BCUT2D eigenvalue weighted by molar-refractivity contribution is 0.449. The molecule has 0 saturated heterocycles. The molecule has 2 rings (SSSR count). The van der Waals surface area contributed by atoms with Gasteiger partial charge in [0.2, 0.25) is 0 Å². The topological polar surface area (TPSA) is 38.9 Å². The third-order valence-electron chi connectivity index (χ3n) is 1.47. The van der Waals surface area contributed by atoms with Crippen LogP contribution >= 0.6 is 15.9 Å². The summed E-state index contributed by atoms with van der Waals surface area (Å²) in [5, 5.41) is 3.79. The summed E-state index contributed by atoms with van der Waals surface area (Å²) in [6.07, 6.45) is 1.72. The molecule has 0 saturated carbocycles. The average Bonchev–Trinajstić information content (AvgIpc) is 2.35. The van der Waals surface area contributed by atoms with Crippen LogP contribution in [-0.2, 0) is 0 Å². The van der Waals surface area contributed by atoms with Crippen LogP contribution in [-0.4, -0.2) is 10.1 Å². The summed E-state index contributed by atoms with van der Waals surface area (Å²) < 4.78 is 5.91. The van der Waals surface area contributed by atoms with E-state index in [0.717, 1.165) is 15.7 Å². The molecule has 0 unspecified atom stereocenters. The average molecular weight is 213 g/mol. The van der Waals surface area contributed by atoms with Crippen molar-refractivity contribution in [3.8, 4) is 0 Å². The van der Waals surface area contributed by atoms with E-state index in [4.69, 9.17) is 4.52 Å². The van der Waals surface area contributed by atoms with Crippen molar-refractivity contribution < 1.29 is 4.52 Å². The number of rotatable bonds is 0. The second-order valence-corrected chi connectivity index (χ2v) is 3.09. The predicted molar refractivity (Wildman–Crippen MR) is 44.2 cm³/mol. The summed E-state index contributed by atoms with van der Waals surface area (Å²) in [6, 6.07) is 1.83. The van der Waals surface area contributed by atoms with E-state index in [1.54, 1.807) is 6.20 Å². The highest BCUT2D eigenvalue weighted by Crippen LogP contribution is 2.23. The number of nitrogens with zero attached hydrogens (tertiary/aromatic N) is 2. The molecule has 56 valence electrons. The Morgan fingerprint density at radius 1 is 1.55 bits per heavy atom. The van der Waals surface area contributed by atoms with Crippen molar-refractivity contribution in [2.24, 2.45) is 0 Å². The minimum atomic E-state index is 0.713. The molecular weight excluding hydrogens is 208 g/mol. The van der Waals surface area contributed by atoms with Gasteiger partial charge in [0.05, 0.1) is 4.47 Å². The maximum atomic E-state index is 5.02. The van der Waals surface area contributed by atoms with Gasteiger partial charge in [-0.3, -0.25) is 4.98 Å². The van der Waals surface area contributed by atoms with Crippen molar-refractivity contribution in [1.82, 2.24) is 10.1 Å². The van der Waals surface area contributed by atoms with E-state index in [9.17, 15) is 0 Å². The number of hydrogen-bond donors (Lipinski definition) is 0. The first-order chi connectivity index (χ1) is 5.29. The quantitative estimate of drug-likeness (QED) is 0.673. The van der Waals surface area contributed by atoms with Crippen molar-refractivity contribution in [3.05, 3.63) is 22.4 Å². The number of pyridine rings is 1. The summed E-state index contributed by atoms with van der Waals surface area (Å²) in [5.74, 6) is 0. The van der Waals surface area contributed by atoms with Crippen molar-refractivity contribution >= 4 is 27.0 Å². The van der Waals surface area contributed by atoms with Gasteiger partial charge in [-0.25, -0.2) is 0 Å². The van der Waals surface area contributed by atoms with Gasteiger partial charge < -0.3 is 4.52 Å². The molecule has 0 aromatic carbocycles. The SMILES string of the molecule is Cc1noc2c(Br)ccnc12. The van der Waals surface area contributed by atoms with Gasteiger partial charge in [0.25, 0.3) is 0 Å². The second kappa shape index (κ2) is 2.30. The van der Waals surface area contributed by atoms with Gasteiger partial charge in [0.15, 0.2) is 5.58 Å². The fourth-order valence-corrected chi connectivity index (χ4v) is 1.30. The van der Waals surface area contributed by atoms with Crippen molar-refractivity contribution in [1.29, 1.82) is 0 Å². The molecule has 2 aromatic rings. The van der Waals surface area contributed by atoms with E-state index in [1.165, 1.54) is 0 Å². The van der Waals surface area contributed by atoms with Crippen LogP contribution in [0.3, 0.4) is 0 Å². The molecule has 0 radical (unpaired) electrons. The van der Waals surface area contributed by atoms with Crippen LogP contribution in [0.4, 0.5) is 0 Å². The molecule has 0 aliphatic carbocycles. The smallest absolute Gasteiger partial charge is 0.199 e. The van der Waals surface area contributed by atoms with Gasteiger partial charge in [-0.1, -0.05) is 5.16 Å². The Balaban J connectivity index is 2.94.